The van der Waals surface area contributed by atoms with Gasteiger partial charge in [-0.2, -0.15) is 0 Å². The van der Waals surface area contributed by atoms with Gasteiger partial charge in [0.05, 0.1) is 29.4 Å². The van der Waals surface area contributed by atoms with E-state index in [1.807, 2.05) is 0 Å². The number of benzene rings is 2. The summed E-state index contributed by atoms with van der Waals surface area (Å²) in [6.07, 6.45) is 1.90. The van der Waals surface area contributed by atoms with Gasteiger partial charge in [0.25, 0.3) is 15.9 Å². The highest BCUT2D eigenvalue weighted by molar-refractivity contribution is 7.92. The van der Waals surface area contributed by atoms with Crippen LogP contribution in [0.3, 0.4) is 0 Å². The predicted octanol–water partition coefficient (Wildman–Crippen LogP) is 3.02. The summed E-state index contributed by atoms with van der Waals surface area (Å²) in [6.45, 7) is 4.53. The molecule has 1 heterocycles. The SMILES string of the molecule is COc1cc(C)c(S(=O)(=O)Nc2ccccc2C(=O)NCC2CCCO2)c(C)c1. The van der Waals surface area contributed by atoms with Crippen LogP contribution in [0.5, 0.6) is 5.75 Å². The Balaban J connectivity index is 1.84. The summed E-state index contributed by atoms with van der Waals surface area (Å²) < 4.78 is 39.5. The van der Waals surface area contributed by atoms with Crippen LogP contribution in [0.2, 0.25) is 0 Å². The van der Waals surface area contributed by atoms with Gasteiger partial charge in [-0.25, -0.2) is 8.42 Å². The van der Waals surface area contributed by atoms with Crippen molar-refractivity contribution in [3.8, 4) is 5.75 Å². The van der Waals surface area contributed by atoms with Crippen LogP contribution in [0.25, 0.3) is 0 Å². The van der Waals surface area contributed by atoms with Crippen LogP contribution in [0, 0.1) is 13.8 Å². The molecule has 0 radical (unpaired) electrons. The normalized spacial score (nSPS) is 16.4. The van der Waals surface area contributed by atoms with Crippen LogP contribution < -0.4 is 14.8 Å². The topological polar surface area (TPSA) is 93.7 Å². The Kier molecular flexibility index (Phi) is 6.44. The van der Waals surface area contributed by atoms with Crippen molar-refractivity contribution in [2.75, 3.05) is 25.0 Å². The van der Waals surface area contributed by atoms with E-state index in [2.05, 4.69) is 10.0 Å². The van der Waals surface area contributed by atoms with Gasteiger partial charge in [-0.1, -0.05) is 12.1 Å². The van der Waals surface area contributed by atoms with Crippen molar-refractivity contribution < 1.29 is 22.7 Å². The smallest absolute Gasteiger partial charge is 0.262 e. The van der Waals surface area contributed by atoms with E-state index < -0.39 is 10.0 Å². The summed E-state index contributed by atoms with van der Waals surface area (Å²) in [5.74, 6) is 0.245. The van der Waals surface area contributed by atoms with Gasteiger partial charge in [0.2, 0.25) is 0 Å². The first kappa shape index (κ1) is 21.1. The Labute approximate surface area is 171 Å². The first-order valence-corrected chi connectivity index (χ1v) is 11.0. The minimum Gasteiger partial charge on any atom is -0.497 e. The van der Waals surface area contributed by atoms with Crippen molar-refractivity contribution in [3.63, 3.8) is 0 Å². The third-order valence-electron chi connectivity index (χ3n) is 4.87. The number of anilines is 1. The van der Waals surface area contributed by atoms with Crippen LogP contribution in [-0.4, -0.2) is 40.7 Å². The fraction of sp³-hybridized carbons (Fsp3) is 0.381. The molecule has 1 aliphatic heterocycles. The molecule has 156 valence electrons. The summed E-state index contributed by atoms with van der Waals surface area (Å²) in [5.41, 5.74) is 1.62. The number of aryl methyl sites for hydroxylation is 2. The molecule has 0 aliphatic carbocycles. The lowest BCUT2D eigenvalue weighted by molar-refractivity contribution is 0.0858. The zero-order valence-corrected chi connectivity index (χ0v) is 17.6. The van der Waals surface area contributed by atoms with E-state index in [4.69, 9.17) is 9.47 Å². The number of amides is 1. The van der Waals surface area contributed by atoms with Gasteiger partial charge in [-0.05, 0) is 62.1 Å². The summed E-state index contributed by atoms with van der Waals surface area (Å²) in [7, 11) is -2.36. The largest absolute Gasteiger partial charge is 0.497 e. The highest BCUT2D eigenvalue weighted by Gasteiger charge is 2.23. The molecule has 7 nitrogen and oxygen atoms in total. The van der Waals surface area contributed by atoms with Crippen molar-refractivity contribution in [2.45, 2.75) is 37.7 Å². The van der Waals surface area contributed by atoms with Gasteiger partial charge in [-0.3, -0.25) is 9.52 Å². The molecular weight excluding hydrogens is 392 g/mol. The predicted molar refractivity (Wildman–Crippen MR) is 111 cm³/mol. The summed E-state index contributed by atoms with van der Waals surface area (Å²) in [5, 5.41) is 2.83. The van der Waals surface area contributed by atoms with Crippen molar-refractivity contribution in [3.05, 3.63) is 53.1 Å². The maximum atomic E-state index is 13.1. The molecule has 1 saturated heterocycles. The average molecular weight is 419 g/mol. The van der Waals surface area contributed by atoms with Gasteiger partial charge in [0.15, 0.2) is 0 Å². The van der Waals surface area contributed by atoms with Gasteiger partial charge in [0, 0.05) is 13.2 Å². The monoisotopic (exact) mass is 418 g/mol. The summed E-state index contributed by atoms with van der Waals surface area (Å²) >= 11 is 0. The number of hydrogen-bond donors (Lipinski definition) is 2. The number of carbonyl (C=O) groups excluding carboxylic acids is 1. The minimum absolute atomic E-state index is 0.00685. The fourth-order valence-electron chi connectivity index (χ4n) is 3.53. The number of hydrogen-bond acceptors (Lipinski definition) is 5. The van der Waals surface area contributed by atoms with E-state index in [0.717, 1.165) is 12.8 Å². The van der Waals surface area contributed by atoms with Gasteiger partial charge in [-0.15, -0.1) is 0 Å². The Bertz CT molecular complexity index is 975. The van der Waals surface area contributed by atoms with Crippen LogP contribution in [-0.2, 0) is 14.8 Å². The molecule has 0 spiro atoms. The number of carbonyl (C=O) groups is 1. The molecule has 0 bridgehead atoms. The number of methoxy groups -OCH3 is 1. The average Bonchev–Trinajstić information content (AvgIpc) is 3.19. The third kappa shape index (κ3) is 4.89. The van der Waals surface area contributed by atoms with Gasteiger partial charge in [0.1, 0.15) is 5.75 Å². The Morgan fingerprint density at radius 2 is 1.90 bits per heavy atom. The zero-order chi connectivity index (χ0) is 21.0. The lowest BCUT2D eigenvalue weighted by atomic mass is 10.1. The van der Waals surface area contributed by atoms with Crippen LogP contribution >= 0.6 is 0 Å². The summed E-state index contributed by atoms with van der Waals surface area (Å²) in [4.78, 5) is 12.8. The highest BCUT2D eigenvalue weighted by Crippen LogP contribution is 2.28. The van der Waals surface area contributed by atoms with Crippen molar-refractivity contribution >= 4 is 21.6 Å². The van der Waals surface area contributed by atoms with E-state index in [1.165, 1.54) is 7.11 Å². The highest BCUT2D eigenvalue weighted by atomic mass is 32.2. The lowest BCUT2D eigenvalue weighted by Crippen LogP contribution is -2.32. The Hall–Kier alpha value is -2.58. The molecule has 8 heteroatoms. The van der Waals surface area contributed by atoms with Crippen molar-refractivity contribution in [1.82, 2.24) is 5.32 Å². The number of ether oxygens (including phenoxy) is 2. The second kappa shape index (κ2) is 8.84. The first-order valence-electron chi connectivity index (χ1n) is 9.48. The number of para-hydroxylation sites is 1. The van der Waals surface area contributed by atoms with Crippen molar-refractivity contribution in [1.29, 1.82) is 0 Å². The molecule has 1 aliphatic rings. The Morgan fingerprint density at radius 3 is 2.52 bits per heavy atom. The quantitative estimate of drug-likeness (QED) is 0.721. The van der Waals surface area contributed by atoms with E-state index >= 15 is 0 Å². The number of sulfonamides is 1. The molecule has 2 aromatic rings. The second-order valence-electron chi connectivity index (χ2n) is 7.09. The molecule has 0 saturated carbocycles. The molecule has 2 N–H and O–H groups in total. The molecule has 1 atom stereocenters. The van der Waals surface area contributed by atoms with E-state index in [-0.39, 0.29) is 28.2 Å². The maximum absolute atomic E-state index is 13.1. The number of rotatable bonds is 7. The van der Waals surface area contributed by atoms with Crippen LogP contribution in [0.1, 0.15) is 34.3 Å². The molecule has 1 unspecified atom stereocenters. The minimum atomic E-state index is -3.90. The molecule has 2 aromatic carbocycles. The van der Waals surface area contributed by atoms with Gasteiger partial charge < -0.3 is 14.8 Å². The molecule has 3 rings (SSSR count). The summed E-state index contributed by atoms with van der Waals surface area (Å²) in [6, 6.07) is 9.89. The standard InChI is InChI=1S/C21H26N2O5S/c1-14-11-17(27-3)12-15(2)20(14)29(25,26)23-19-9-5-4-8-18(19)21(24)22-13-16-7-6-10-28-16/h4-5,8-9,11-12,16,23H,6-7,10,13H2,1-3H3,(H,22,24). The molecule has 0 aromatic heterocycles. The fourth-order valence-corrected chi connectivity index (χ4v) is 5.06. The van der Waals surface area contributed by atoms with E-state index in [0.29, 0.717) is 30.0 Å². The van der Waals surface area contributed by atoms with Crippen LogP contribution in [0.4, 0.5) is 5.69 Å². The van der Waals surface area contributed by atoms with Crippen molar-refractivity contribution in [2.24, 2.45) is 0 Å². The lowest BCUT2D eigenvalue weighted by Gasteiger charge is -2.17. The molecular formula is C21H26N2O5S. The third-order valence-corrected chi connectivity index (χ3v) is 6.54. The first-order chi connectivity index (χ1) is 13.8. The Morgan fingerprint density at radius 1 is 1.21 bits per heavy atom. The zero-order valence-electron chi connectivity index (χ0n) is 16.8. The molecule has 1 fully saturated rings. The molecule has 1 amide bonds. The van der Waals surface area contributed by atoms with Crippen LogP contribution in [0.15, 0.2) is 41.3 Å². The molecule has 29 heavy (non-hydrogen) atoms. The van der Waals surface area contributed by atoms with E-state index in [1.54, 1.807) is 50.2 Å². The van der Waals surface area contributed by atoms with E-state index in [9.17, 15) is 13.2 Å². The van der Waals surface area contributed by atoms with Gasteiger partial charge >= 0.3 is 0 Å². The maximum Gasteiger partial charge on any atom is 0.262 e. The second-order valence-corrected chi connectivity index (χ2v) is 8.71. The number of nitrogens with one attached hydrogen (secondary N) is 2.